The van der Waals surface area contributed by atoms with Gasteiger partial charge in [-0.25, -0.2) is 0 Å². The van der Waals surface area contributed by atoms with Crippen LogP contribution in [0.3, 0.4) is 0 Å². The number of aryl methyl sites for hydroxylation is 1. The van der Waals surface area contributed by atoms with E-state index in [1.165, 1.54) is 36.0 Å². The lowest BCUT2D eigenvalue weighted by molar-refractivity contribution is -0.125. The molecule has 0 heterocycles. The van der Waals surface area contributed by atoms with Crippen molar-refractivity contribution in [2.75, 3.05) is 6.54 Å². The first-order chi connectivity index (χ1) is 12.1. The van der Waals surface area contributed by atoms with Crippen LogP contribution in [0.2, 0.25) is 0 Å². The Morgan fingerprint density at radius 2 is 1.76 bits per heavy atom. The maximum Gasteiger partial charge on any atom is 0.223 e. The Morgan fingerprint density at radius 3 is 2.32 bits per heavy atom. The molecule has 2 aromatic rings. The Hall–Kier alpha value is -2.09. The second-order valence-electron chi connectivity index (χ2n) is 7.51. The monoisotopic (exact) mass is 335 g/mol. The fourth-order valence-corrected chi connectivity index (χ4v) is 3.79. The molecule has 2 aromatic carbocycles. The van der Waals surface area contributed by atoms with Crippen LogP contribution in [0.5, 0.6) is 0 Å². The number of carbonyl (C=O) groups is 1. The van der Waals surface area contributed by atoms with Crippen LogP contribution in [0, 0.1) is 12.8 Å². The van der Waals surface area contributed by atoms with Crippen molar-refractivity contribution in [2.45, 2.75) is 51.4 Å². The van der Waals surface area contributed by atoms with Gasteiger partial charge in [0.05, 0.1) is 0 Å². The zero-order valence-electron chi connectivity index (χ0n) is 15.4. The summed E-state index contributed by atoms with van der Waals surface area (Å²) in [4.78, 5) is 12.8. The van der Waals surface area contributed by atoms with E-state index in [-0.39, 0.29) is 17.2 Å². The molecule has 1 N–H and O–H groups in total. The maximum atomic E-state index is 12.8. The smallest absolute Gasteiger partial charge is 0.223 e. The minimum absolute atomic E-state index is 0.0515. The fourth-order valence-electron chi connectivity index (χ4n) is 3.79. The lowest BCUT2D eigenvalue weighted by atomic mass is 9.64. The molecule has 25 heavy (non-hydrogen) atoms. The second kappa shape index (κ2) is 7.86. The SMILES string of the molecule is CCC(Cc1ccc(C)cc1)C(=O)NCC1(c2ccccc2)CCC1. The largest absolute Gasteiger partial charge is 0.355 e. The fraction of sp³-hybridized carbons (Fsp3) is 0.435. The molecule has 0 bridgehead atoms. The molecule has 132 valence electrons. The standard InChI is InChI=1S/C23H29NO/c1-3-20(16-19-12-10-18(2)11-13-19)22(25)24-17-23(14-7-15-23)21-8-5-4-6-9-21/h4-6,8-13,20H,3,7,14-17H2,1-2H3,(H,24,25). The van der Waals surface area contributed by atoms with E-state index in [0.29, 0.717) is 0 Å². The van der Waals surface area contributed by atoms with Crippen LogP contribution in [0.4, 0.5) is 0 Å². The van der Waals surface area contributed by atoms with Crippen LogP contribution >= 0.6 is 0 Å². The minimum atomic E-state index is 0.0515. The molecule has 3 rings (SSSR count). The molecule has 2 nitrogen and oxygen atoms in total. The zero-order valence-corrected chi connectivity index (χ0v) is 15.4. The van der Waals surface area contributed by atoms with Crippen molar-refractivity contribution in [2.24, 2.45) is 5.92 Å². The number of hydrogen-bond acceptors (Lipinski definition) is 1. The van der Waals surface area contributed by atoms with Crippen molar-refractivity contribution in [1.82, 2.24) is 5.32 Å². The maximum absolute atomic E-state index is 12.8. The summed E-state index contributed by atoms with van der Waals surface area (Å²) in [5.41, 5.74) is 4.03. The van der Waals surface area contributed by atoms with Crippen molar-refractivity contribution in [3.05, 3.63) is 71.3 Å². The average molecular weight is 335 g/mol. The normalized spacial score (nSPS) is 16.7. The molecule has 0 aromatic heterocycles. The molecule has 1 saturated carbocycles. The Labute approximate surface area is 151 Å². The topological polar surface area (TPSA) is 29.1 Å². The molecule has 0 aliphatic heterocycles. The highest BCUT2D eigenvalue weighted by atomic mass is 16.1. The first-order valence-corrected chi connectivity index (χ1v) is 9.52. The highest BCUT2D eigenvalue weighted by Gasteiger charge is 2.39. The Balaban J connectivity index is 1.61. The molecule has 1 amide bonds. The van der Waals surface area contributed by atoms with Crippen LogP contribution in [-0.2, 0) is 16.6 Å². The summed E-state index contributed by atoms with van der Waals surface area (Å²) in [6.07, 6.45) is 5.29. The molecule has 2 heteroatoms. The molecule has 1 unspecified atom stereocenters. The van der Waals surface area contributed by atoms with E-state index in [0.717, 1.165) is 19.4 Å². The summed E-state index contributed by atoms with van der Waals surface area (Å²) in [5, 5.41) is 3.27. The highest BCUT2D eigenvalue weighted by Crippen LogP contribution is 2.43. The van der Waals surface area contributed by atoms with Crippen LogP contribution in [0.15, 0.2) is 54.6 Å². The lowest BCUT2D eigenvalue weighted by Crippen LogP contribution is -2.47. The van der Waals surface area contributed by atoms with Crippen molar-refractivity contribution >= 4 is 5.91 Å². The molecular formula is C23H29NO. The number of nitrogens with one attached hydrogen (secondary N) is 1. The van der Waals surface area contributed by atoms with Crippen molar-refractivity contribution in [1.29, 1.82) is 0 Å². The predicted octanol–water partition coefficient (Wildman–Crippen LogP) is 4.80. The summed E-state index contributed by atoms with van der Waals surface area (Å²) < 4.78 is 0. The third kappa shape index (κ3) is 4.12. The van der Waals surface area contributed by atoms with Gasteiger partial charge in [-0.05, 0) is 43.7 Å². The minimum Gasteiger partial charge on any atom is -0.355 e. The van der Waals surface area contributed by atoms with E-state index in [9.17, 15) is 4.79 Å². The van der Waals surface area contributed by atoms with E-state index in [4.69, 9.17) is 0 Å². The van der Waals surface area contributed by atoms with E-state index in [2.05, 4.69) is 73.8 Å². The number of hydrogen-bond donors (Lipinski definition) is 1. The van der Waals surface area contributed by atoms with Gasteiger partial charge in [0.2, 0.25) is 5.91 Å². The van der Waals surface area contributed by atoms with Crippen molar-refractivity contribution < 1.29 is 4.79 Å². The van der Waals surface area contributed by atoms with Crippen LogP contribution in [0.25, 0.3) is 0 Å². The number of carbonyl (C=O) groups excluding carboxylic acids is 1. The Morgan fingerprint density at radius 1 is 1.08 bits per heavy atom. The van der Waals surface area contributed by atoms with Crippen LogP contribution in [0.1, 0.15) is 49.3 Å². The van der Waals surface area contributed by atoms with Gasteiger partial charge in [-0.1, -0.05) is 73.5 Å². The summed E-state index contributed by atoms with van der Waals surface area (Å²) in [7, 11) is 0. The number of amides is 1. The van der Waals surface area contributed by atoms with Gasteiger partial charge >= 0.3 is 0 Å². The van der Waals surface area contributed by atoms with Gasteiger partial charge < -0.3 is 5.32 Å². The van der Waals surface area contributed by atoms with Gasteiger partial charge in [0.15, 0.2) is 0 Å². The molecule has 1 aliphatic carbocycles. The summed E-state index contributed by atoms with van der Waals surface area (Å²) in [5.74, 6) is 0.251. The van der Waals surface area contributed by atoms with Gasteiger partial charge in [-0.15, -0.1) is 0 Å². The van der Waals surface area contributed by atoms with Gasteiger partial charge in [-0.3, -0.25) is 4.79 Å². The first kappa shape index (κ1) is 17.7. The number of benzene rings is 2. The van der Waals surface area contributed by atoms with E-state index >= 15 is 0 Å². The lowest BCUT2D eigenvalue weighted by Gasteiger charge is -2.43. The first-order valence-electron chi connectivity index (χ1n) is 9.52. The van der Waals surface area contributed by atoms with Crippen molar-refractivity contribution in [3.8, 4) is 0 Å². The van der Waals surface area contributed by atoms with Gasteiger partial charge in [0.1, 0.15) is 0 Å². The molecule has 1 aliphatic rings. The second-order valence-corrected chi connectivity index (χ2v) is 7.51. The van der Waals surface area contributed by atoms with Gasteiger partial charge in [0, 0.05) is 17.9 Å². The molecule has 0 spiro atoms. The molecular weight excluding hydrogens is 306 g/mol. The molecule has 0 saturated heterocycles. The third-order valence-corrected chi connectivity index (χ3v) is 5.76. The summed E-state index contributed by atoms with van der Waals surface area (Å²) in [6, 6.07) is 19.2. The van der Waals surface area contributed by atoms with Crippen molar-refractivity contribution in [3.63, 3.8) is 0 Å². The summed E-state index contributed by atoms with van der Waals surface area (Å²) in [6.45, 7) is 4.96. The van der Waals surface area contributed by atoms with E-state index < -0.39 is 0 Å². The molecule has 0 radical (unpaired) electrons. The van der Waals surface area contributed by atoms with E-state index in [1.54, 1.807) is 0 Å². The third-order valence-electron chi connectivity index (χ3n) is 5.76. The molecule has 1 fully saturated rings. The number of rotatable bonds is 7. The highest BCUT2D eigenvalue weighted by molar-refractivity contribution is 5.79. The van der Waals surface area contributed by atoms with E-state index in [1.807, 2.05) is 0 Å². The summed E-state index contributed by atoms with van der Waals surface area (Å²) >= 11 is 0. The van der Waals surface area contributed by atoms with Crippen LogP contribution in [-0.4, -0.2) is 12.5 Å². The quantitative estimate of drug-likeness (QED) is 0.773. The Bertz CT molecular complexity index is 686. The molecule has 1 atom stereocenters. The Kier molecular flexibility index (Phi) is 5.57. The van der Waals surface area contributed by atoms with Gasteiger partial charge in [0.25, 0.3) is 0 Å². The predicted molar refractivity (Wildman–Crippen MR) is 104 cm³/mol. The van der Waals surface area contributed by atoms with Gasteiger partial charge in [-0.2, -0.15) is 0 Å². The van der Waals surface area contributed by atoms with Crippen LogP contribution < -0.4 is 5.32 Å². The average Bonchev–Trinajstić information content (AvgIpc) is 2.61. The zero-order chi connectivity index (χ0) is 17.7.